The van der Waals surface area contributed by atoms with Gasteiger partial charge in [-0.1, -0.05) is 26.8 Å². The summed E-state index contributed by atoms with van der Waals surface area (Å²) in [6, 6.07) is 5.26. The minimum Gasteiger partial charge on any atom is -0.339 e. The van der Waals surface area contributed by atoms with Crippen molar-refractivity contribution in [1.29, 1.82) is 0 Å². The van der Waals surface area contributed by atoms with Gasteiger partial charge < -0.3 is 4.90 Å². The molecule has 146 valence electrons. The van der Waals surface area contributed by atoms with E-state index in [1.165, 1.54) is 4.31 Å². The van der Waals surface area contributed by atoms with Crippen LogP contribution >= 0.6 is 0 Å². The van der Waals surface area contributed by atoms with Crippen LogP contribution in [-0.2, 0) is 10.0 Å². The van der Waals surface area contributed by atoms with Gasteiger partial charge in [-0.05, 0) is 56.2 Å². The third-order valence-electron chi connectivity index (χ3n) is 5.61. The van der Waals surface area contributed by atoms with Crippen molar-refractivity contribution in [2.45, 2.75) is 64.3 Å². The minimum atomic E-state index is -3.58. The standard InChI is InChI=1S/C20H32N2O3S/c1-6-22(7-2)26(24,25)19-14-17(11-10-16(19)4)20(23)21(5)18-12-8-15(3)9-13-18/h10-11,14-15,18H,6-9,12-13H2,1-5H3. The van der Waals surface area contributed by atoms with Gasteiger partial charge in [0.05, 0.1) is 4.90 Å². The first-order valence-electron chi connectivity index (χ1n) is 9.60. The Morgan fingerprint density at radius 1 is 1.12 bits per heavy atom. The quantitative estimate of drug-likeness (QED) is 0.756. The van der Waals surface area contributed by atoms with Gasteiger partial charge in [0, 0.05) is 31.7 Å². The maximum Gasteiger partial charge on any atom is 0.253 e. The minimum absolute atomic E-state index is 0.0967. The lowest BCUT2D eigenvalue weighted by Gasteiger charge is -2.33. The van der Waals surface area contributed by atoms with E-state index in [1.54, 1.807) is 30.0 Å². The molecule has 0 aliphatic heterocycles. The Balaban J connectivity index is 2.30. The van der Waals surface area contributed by atoms with Crippen LogP contribution in [0, 0.1) is 12.8 Å². The zero-order chi connectivity index (χ0) is 19.5. The number of benzene rings is 1. The highest BCUT2D eigenvalue weighted by molar-refractivity contribution is 7.89. The first kappa shape index (κ1) is 20.9. The van der Waals surface area contributed by atoms with E-state index < -0.39 is 10.0 Å². The second-order valence-electron chi connectivity index (χ2n) is 7.40. The van der Waals surface area contributed by atoms with Crippen LogP contribution in [0.3, 0.4) is 0 Å². The fourth-order valence-corrected chi connectivity index (χ4v) is 5.42. The number of nitrogens with zero attached hydrogens (tertiary/aromatic N) is 2. The highest BCUT2D eigenvalue weighted by Gasteiger charge is 2.28. The SMILES string of the molecule is CCN(CC)S(=O)(=O)c1cc(C(=O)N(C)C2CCC(C)CC2)ccc1C. The van der Waals surface area contributed by atoms with Gasteiger partial charge >= 0.3 is 0 Å². The van der Waals surface area contributed by atoms with Crippen molar-refractivity contribution in [3.63, 3.8) is 0 Å². The average Bonchev–Trinajstić information content (AvgIpc) is 2.62. The van der Waals surface area contributed by atoms with Crippen molar-refractivity contribution < 1.29 is 13.2 Å². The predicted molar refractivity (Wildman–Crippen MR) is 105 cm³/mol. The molecule has 0 N–H and O–H groups in total. The summed E-state index contributed by atoms with van der Waals surface area (Å²) >= 11 is 0. The smallest absolute Gasteiger partial charge is 0.253 e. The number of rotatable bonds is 6. The van der Waals surface area contributed by atoms with E-state index in [0.717, 1.165) is 31.6 Å². The van der Waals surface area contributed by atoms with Gasteiger partial charge in [-0.3, -0.25) is 4.79 Å². The number of sulfonamides is 1. The molecule has 0 saturated heterocycles. The Bertz CT molecular complexity index is 733. The van der Waals surface area contributed by atoms with Crippen LogP contribution in [0.4, 0.5) is 0 Å². The van der Waals surface area contributed by atoms with E-state index >= 15 is 0 Å². The van der Waals surface area contributed by atoms with Gasteiger partial charge in [0.15, 0.2) is 0 Å². The summed E-state index contributed by atoms with van der Waals surface area (Å²) in [5.74, 6) is 0.625. The van der Waals surface area contributed by atoms with Crippen molar-refractivity contribution in [3.8, 4) is 0 Å². The number of hydrogen-bond acceptors (Lipinski definition) is 3. The van der Waals surface area contributed by atoms with Gasteiger partial charge in [0.1, 0.15) is 0 Å². The van der Waals surface area contributed by atoms with Crippen LogP contribution in [0.5, 0.6) is 0 Å². The van der Waals surface area contributed by atoms with Crippen LogP contribution in [-0.4, -0.2) is 49.7 Å². The summed E-state index contributed by atoms with van der Waals surface area (Å²) < 4.78 is 27.2. The van der Waals surface area contributed by atoms with Crippen molar-refractivity contribution in [1.82, 2.24) is 9.21 Å². The van der Waals surface area contributed by atoms with Crippen molar-refractivity contribution in [2.24, 2.45) is 5.92 Å². The van der Waals surface area contributed by atoms with Crippen LogP contribution in [0.15, 0.2) is 23.1 Å². The number of aryl methyl sites for hydroxylation is 1. The molecule has 1 aliphatic carbocycles. The molecule has 0 heterocycles. The lowest BCUT2D eigenvalue weighted by Crippen LogP contribution is -2.39. The Morgan fingerprint density at radius 2 is 1.69 bits per heavy atom. The van der Waals surface area contributed by atoms with Gasteiger partial charge in [-0.25, -0.2) is 8.42 Å². The molecule has 0 spiro atoms. The summed E-state index contributed by atoms with van der Waals surface area (Å²) in [7, 11) is -1.75. The van der Waals surface area contributed by atoms with Gasteiger partial charge in [-0.15, -0.1) is 0 Å². The molecule has 1 amide bonds. The summed E-state index contributed by atoms with van der Waals surface area (Å²) in [5.41, 5.74) is 1.12. The number of carbonyl (C=O) groups is 1. The molecule has 0 radical (unpaired) electrons. The summed E-state index contributed by atoms with van der Waals surface area (Å²) in [6.07, 6.45) is 4.30. The van der Waals surface area contributed by atoms with Crippen molar-refractivity contribution in [3.05, 3.63) is 29.3 Å². The van der Waals surface area contributed by atoms with Crippen LogP contribution < -0.4 is 0 Å². The molecule has 0 unspecified atom stereocenters. The molecule has 26 heavy (non-hydrogen) atoms. The van der Waals surface area contributed by atoms with Gasteiger partial charge in [0.25, 0.3) is 5.91 Å². The van der Waals surface area contributed by atoms with Crippen molar-refractivity contribution in [2.75, 3.05) is 20.1 Å². The van der Waals surface area contributed by atoms with E-state index in [2.05, 4.69) is 6.92 Å². The molecular weight excluding hydrogens is 348 g/mol. The number of hydrogen-bond donors (Lipinski definition) is 0. The highest BCUT2D eigenvalue weighted by atomic mass is 32.2. The average molecular weight is 381 g/mol. The lowest BCUT2D eigenvalue weighted by molar-refractivity contribution is 0.0679. The molecule has 2 rings (SSSR count). The highest BCUT2D eigenvalue weighted by Crippen LogP contribution is 2.28. The zero-order valence-electron chi connectivity index (χ0n) is 16.7. The largest absolute Gasteiger partial charge is 0.339 e. The molecule has 1 aromatic rings. The molecule has 0 aromatic heterocycles. The molecule has 0 atom stereocenters. The monoisotopic (exact) mass is 380 g/mol. The van der Waals surface area contributed by atoms with Gasteiger partial charge in [-0.2, -0.15) is 4.31 Å². The molecular formula is C20H32N2O3S. The molecule has 1 aromatic carbocycles. The third kappa shape index (κ3) is 4.29. The second kappa shape index (κ2) is 8.53. The Morgan fingerprint density at radius 3 is 2.23 bits per heavy atom. The van der Waals surface area contributed by atoms with Gasteiger partial charge in [0.2, 0.25) is 10.0 Å². The maximum atomic E-state index is 12.9. The Labute approximate surface area is 158 Å². The van der Waals surface area contributed by atoms with E-state index in [9.17, 15) is 13.2 Å². The van der Waals surface area contributed by atoms with E-state index in [0.29, 0.717) is 24.2 Å². The molecule has 1 aliphatic rings. The lowest BCUT2D eigenvalue weighted by atomic mass is 9.86. The van der Waals surface area contributed by atoms with Crippen LogP contribution in [0.25, 0.3) is 0 Å². The zero-order valence-corrected chi connectivity index (χ0v) is 17.5. The molecule has 1 fully saturated rings. The fourth-order valence-electron chi connectivity index (χ4n) is 3.71. The molecule has 6 heteroatoms. The number of carbonyl (C=O) groups excluding carboxylic acids is 1. The first-order valence-corrected chi connectivity index (χ1v) is 11.0. The maximum absolute atomic E-state index is 12.9. The second-order valence-corrected chi connectivity index (χ2v) is 9.31. The third-order valence-corrected chi connectivity index (χ3v) is 7.80. The summed E-state index contributed by atoms with van der Waals surface area (Å²) in [5, 5.41) is 0. The predicted octanol–water partition coefficient (Wildman–Crippen LogP) is 3.68. The first-order chi connectivity index (χ1) is 12.2. The van der Waals surface area contributed by atoms with Crippen LogP contribution in [0.1, 0.15) is 62.4 Å². The normalized spacial score (nSPS) is 21.0. The number of amides is 1. The summed E-state index contributed by atoms with van der Waals surface area (Å²) in [6.45, 7) is 8.50. The van der Waals surface area contributed by atoms with E-state index in [4.69, 9.17) is 0 Å². The van der Waals surface area contributed by atoms with E-state index in [-0.39, 0.29) is 16.8 Å². The molecule has 1 saturated carbocycles. The Kier molecular flexibility index (Phi) is 6.86. The van der Waals surface area contributed by atoms with Crippen molar-refractivity contribution >= 4 is 15.9 Å². The molecule has 0 bridgehead atoms. The summed E-state index contributed by atoms with van der Waals surface area (Å²) in [4.78, 5) is 15.0. The Hall–Kier alpha value is -1.40. The van der Waals surface area contributed by atoms with Crippen LogP contribution in [0.2, 0.25) is 0 Å². The van der Waals surface area contributed by atoms with E-state index in [1.807, 2.05) is 20.9 Å². The fraction of sp³-hybridized carbons (Fsp3) is 0.650. The molecule has 5 nitrogen and oxygen atoms in total. The topological polar surface area (TPSA) is 57.7 Å².